The molecule has 3 aromatic rings. The Labute approximate surface area is 206 Å². The van der Waals surface area contributed by atoms with Crippen molar-refractivity contribution in [1.82, 2.24) is 14.9 Å². The molecule has 1 aromatic heterocycles. The summed E-state index contributed by atoms with van der Waals surface area (Å²) in [5, 5.41) is 3.10. The first-order chi connectivity index (χ1) is 16.9. The Morgan fingerprint density at radius 2 is 1.71 bits per heavy atom. The zero-order chi connectivity index (χ0) is 24.8. The summed E-state index contributed by atoms with van der Waals surface area (Å²) in [7, 11) is 0. The van der Waals surface area contributed by atoms with Gasteiger partial charge in [0.15, 0.2) is 5.16 Å². The Morgan fingerprint density at radius 3 is 2.37 bits per heavy atom. The van der Waals surface area contributed by atoms with E-state index < -0.39 is 17.9 Å². The number of hydrogen-bond donors (Lipinski definition) is 1. The van der Waals surface area contributed by atoms with Crippen LogP contribution in [0.3, 0.4) is 0 Å². The van der Waals surface area contributed by atoms with E-state index in [1.54, 1.807) is 42.7 Å². The van der Waals surface area contributed by atoms with Gasteiger partial charge in [0.25, 0.3) is 5.91 Å². The number of anilines is 2. The second-order valence-corrected chi connectivity index (χ2v) is 8.79. The number of benzene rings is 2. The van der Waals surface area contributed by atoms with Crippen LogP contribution in [0.25, 0.3) is 0 Å². The molecule has 0 bridgehead atoms. The minimum absolute atomic E-state index is 0.0280. The number of carbonyl (C=O) groups excluding carboxylic acids is 4. The molecule has 2 aromatic carbocycles. The Bertz CT molecular complexity index is 1220. The smallest absolute Gasteiger partial charge is 0.257 e. The van der Waals surface area contributed by atoms with Crippen LogP contribution in [0.4, 0.5) is 11.4 Å². The van der Waals surface area contributed by atoms with E-state index in [4.69, 9.17) is 0 Å². The van der Waals surface area contributed by atoms with E-state index in [1.807, 2.05) is 30.3 Å². The van der Waals surface area contributed by atoms with Gasteiger partial charge in [-0.2, -0.15) is 0 Å². The molecule has 1 N–H and O–H groups in total. The third-order valence-corrected chi connectivity index (χ3v) is 6.19. The number of rotatable bonds is 8. The van der Waals surface area contributed by atoms with E-state index in [0.717, 1.165) is 10.5 Å². The van der Waals surface area contributed by atoms with Crippen LogP contribution in [-0.4, -0.2) is 50.3 Å². The highest BCUT2D eigenvalue weighted by Crippen LogP contribution is 2.28. The summed E-state index contributed by atoms with van der Waals surface area (Å²) < 4.78 is 0. The third-order valence-electron chi connectivity index (χ3n) is 5.33. The summed E-state index contributed by atoms with van der Waals surface area (Å²) in [6, 6.07) is 16.5. The molecule has 1 fully saturated rings. The molecule has 1 unspecified atom stereocenters. The average molecular weight is 490 g/mol. The maximum absolute atomic E-state index is 13.4. The molecule has 178 valence electrons. The first kappa shape index (κ1) is 24.1. The molecule has 9 nitrogen and oxygen atoms in total. The highest BCUT2D eigenvalue weighted by atomic mass is 32.2. The number of hydrogen-bond acceptors (Lipinski definition) is 7. The van der Waals surface area contributed by atoms with Crippen molar-refractivity contribution in [2.24, 2.45) is 0 Å². The minimum atomic E-state index is -0.928. The summed E-state index contributed by atoms with van der Waals surface area (Å²) in [6.07, 6.45) is 3.07. The third kappa shape index (κ3) is 5.90. The van der Waals surface area contributed by atoms with Gasteiger partial charge in [-0.1, -0.05) is 42.1 Å². The van der Waals surface area contributed by atoms with Crippen molar-refractivity contribution < 1.29 is 19.2 Å². The summed E-state index contributed by atoms with van der Waals surface area (Å²) in [6.45, 7) is 1.58. The van der Waals surface area contributed by atoms with Crippen molar-refractivity contribution in [2.75, 3.05) is 16.0 Å². The fraction of sp³-hybridized carbons (Fsp3) is 0.200. The maximum atomic E-state index is 13.4. The van der Waals surface area contributed by atoms with Gasteiger partial charge in [0.1, 0.15) is 6.04 Å². The lowest BCUT2D eigenvalue weighted by Crippen LogP contribution is -2.45. The second-order valence-electron chi connectivity index (χ2n) is 7.84. The Hall–Kier alpha value is -4.05. The molecular weight excluding hydrogens is 466 g/mol. The monoisotopic (exact) mass is 489 g/mol. The molecule has 1 saturated heterocycles. The van der Waals surface area contributed by atoms with Gasteiger partial charge in [-0.15, -0.1) is 0 Å². The molecule has 4 amide bonds. The van der Waals surface area contributed by atoms with Gasteiger partial charge in [-0.05, 0) is 35.9 Å². The first-order valence-electron chi connectivity index (χ1n) is 10.9. The van der Waals surface area contributed by atoms with Gasteiger partial charge in [0.2, 0.25) is 17.7 Å². The minimum Gasteiger partial charge on any atom is -0.326 e. The number of imide groups is 1. The molecule has 10 heteroatoms. The van der Waals surface area contributed by atoms with Crippen LogP contribution in [0, 0.1) is 0 Å². The van der Waals surface area contributed by atoms with Crippen LogP contribution in [0.2, 0.25) is 0 Å². The van der Waals surface area contributed by atoms with E-state index in [1.165, 1.54) is 23.6 Å². The van der Waals surface area contributed by atoms with Gasteiger partial charge in [0, 0.05) is 31.5 Å². The Kier molecular flexibility index (Phi) is 7.51. The first-order valence-corrected chi connectivity index (χ1v) is 11.9. The average Bonchev–Trinajstić information content (AvgIpc) is 3.16. The lowest BCUT2D eigenvalue weighted by molar-refractivity contribution is -0.136. The van der Waals surface area contributed by atoms with Crippen LogP contribution in [0.15, 0.2) is 78.2 Å². The SMILES string of the molecule is CC(=O)Nc1ccc(N2C(=O)CC(N(Cc3ccccc3)C(=O)CSc3ncccn3)C2=O)cc1. The number of carbonyl (C=O) groups is 4. The van der Waals surface area contributed by atoms with Gasteiger partial charge in [-0.25, -0.2) is 14.9 Å². The molecule has 0 aliphatic carbocycles. The fourth-order valence-electron chi connectivity index (χ4n) is 3.75. The predicted octanol–water partition coefficient (Wildman–Crippen LogP) is 2.89. The molecule has 0 radical (unpaired) electrons. The van der Waals surface area contributed by atoms with Crippen LogP contribution >= 0.6 is 11.8 Å². The maximum Gasteiger partial charge on any atom is 0.257 e. The van der Waals surface area contributed by atoms with Crippen molar-refractivity contribution in [3.8, 4) is 0 Å². The number of aromatic nitrogens is 2. The number of amides is 4. The normalized spacial score (nSPS) is 15.2. The standard InChI is InChI=1S/C25H23N5O4S/c1-17(31)28-19-8-10-20(11-9-19)30-22(32)14-21(24(30)34)29(15-18-6-3-2-4-7-18)23(33)16-35-25-26-12-5-13-27-25/h2-13,21H,14-16H2,1H3,(H,28,31). The van der Waals surface area contributed by atoms with Crippen molar-refractivity contribution in [1.29, 1.82) is 0 Å². The summed E-state index contributed by atoms with van der Waals surface area (Å²) in [5.41, 5.74) is 1.79. The molecule has 1 aliphatic heterocycles. The zero-order valence-electron chi connectivity index (χ0n) is 19.0. The second kappa shape index (κ2) is 10.9. The highest BCUT2D eigenvalue weighted by molar-refractivity contribution is 7.99. The predicted molar refractivity (Wildman–Crippen MR) is 131 cm³/mol. The zero-order valence-corrected chi connectivity index (χ0v) is 19.8. The molecular formula is C25H23N5O4S. The lowest BCUT2D eigenvalue weighted by atomic mass is 10.1. The lowest BCUT2D eigenvalue weighted by Gasteiger charge is -2.27. The molecule has 4 rings (SSSR count). The molecule has 1 atom stereocenters. The summed E-state index contributed by atoms with van der Waals surface area (Å²) >= 11 is 1.17. The van der Waals surface area contributed by atoms with E-state index >= 15 is 0 Å². The van der Waals surface area contributed by atoms with E-state index in [9.17, 15) is 19.2 Å². The van der Waals surface area contributed by atoms with E-state index in [-0.39, 0.29) is 30.5 Å². The molecule has 2 heterocycles. The highest BCUT2D eigenvalue weighted by Gasteiger charge is 2.44. The Balaban J connectivity index is 1.55. The van der Waals surface area contributed by atoms with E-state index in [2.05, 4.69) is 15.3 Å². The van der Waals surface area contributed by atoms with Gasteiger partial charge in [-0.3, -0.25) is 19.2 Å². The largest absolute Gasteiger partial charge is 0.326 e. The molecule has 35 heavy (non-hydrogen) atoms. The molecule has 0 spiro atoms. The van der Waals surface area contributed by atoms with Crippen molar-refractivity contribution in [3.63, 3.8) is 0 Å². The van der Waals surface area contributed by atoms with Crippen LogP contribution < -0.4 is 10.2 Å². The van der Waals surface area contributed by atoms with Gasteiger partial charge in [0.05, 0.1) is 17.9 Å². The number of nitrogens with one attached hydrogen (secondary N) is 1. The summed E-state index contributed by atoms with van der Waals surface area (Å²) in [4.78, 5) is 61.6. The Morgan fingerprint density at radius 1 is 1.03 bits per heavy atom. The van der Waals surface area contributed by atoms with Gasteiger partial charge >= 0.3 is 0 Å². The van der Waals surface area contributed by atoms with Crippen molar-refractivity contribution in [3.05, 3.63) is 78.6 Å². The number of nitrogens with zero attached hydrogens (tertiary/aromatic N) is 4. The molecule has 1 aliphatic rings. The van der Waals surface area contributed by atoms with Crippen LogP contribution in [-0.2, 0) is 25.7 Å². The van der Waals surface area contributed by atoms with Crippen LogP contribution in [0.5, 0.6) is 0 Å². The fourth-order valence-corrected chi connectivity index (χ4v) is 4.44. The van der Waals surface area contributed by atoms with E-state index in [0.29, 0.717) is 16.5 Å². The summed E-state index contributed by atoms with van der Waals surface area (Å²) in [5.74, 6) is -1.34. The quantitative estimate of drug-likeness (QED) is 0.294. The number of thioether (sulfide) groups is 1. The topological polar surface area (TPSA) is 113 Å². The van der Waals surface area contributed by atoms with Crippen molar-refractivity contribution in [2.45, 2.75) is 31.1 Å². The van der Waals surface area contributed by atoms with Gasteiger partial charge < -0.3 is 10.2 Å². The molecule has 0 saturated carbocycles. The van der Waals surface area contributed by atoms with Crippen LogP contribution in [0.1, 0.15) is 18.9 Å². The van der Waals surface area contributed by atoms with Crippen molar-refractivity contribution >= 4 is 46.8 Å².